The van der Waals surface area contributed by atoms with E-state index in [1.165, 1.54) is 25.0 Å². The number of aromatic amines is 4. The molecule has 26 nitrogen and oxygen atoms in total. The summed E-state index contributed by atoms with van der Waals surface area (Å²) in [5.41, 5.74) is 21.3. The number of H-pyrrole nitrogens is 4. The van der Waals surface area contributed by atoms with Crippen LogP contribution >= 0.6 is 0 Å². The summed E-state index contributed by atoms with van der Waals surface area (Å²) in [6.45, 7) is -0.155. The van der Waals surface area contributed by atoms with E-state index in [-0.39, 0.29) is 64.6 Å². The molecule has 19 N–H and O–H groups in total. The molecule has 1 aliphatic heterocycles. The fraction of sp³-hybridized carbons (Fsp3) is 0.455. The second-order valence-corrected chi connectivity index (χ2v) is 20.2. The van der Waals surface area contributed by atoms with Crippen LogP contribution in [-0.2, 0) is 64.0 Å². The number of fused-ring (bicyclic) bond motifs is 2. The number of nitrogens with zero attached hydrogens (tertiary/aromatic N) is 2. The van der Waals surface area contributed by atoms with Crippen LogP contribution in [0.25, 0.3) is 21.8 Å². The fourth-order valence-electron chi connectivity index (χ4n) is 9.77. The van der Waals surface area contributed by atoms with Gasteiger partial charge in [0.1, 0.15) is 48.3 Å². The van der Waals surface area contributed by atoms with Crippen molar-refractivity contribution < 1.29 is 43.5 Å². The van der Waals surface area contributed by atoms with Gasteiger partial charge in [-0.3, -0.25) is 38.4 Å². The normalized spacial score (nSPS) is 22.4. The minimum absolute atomic E-state index is 0.0392. The van der Waals surface area contributed by atoms with Crippen molar-refractivity contribution in [2.24, 2.45) is 17.2 Å². The molecule has 5 heterocycles. The molecule has 0 bridgehead atoms. The van der Waals surface area contributed by atoms with Crippen LogP contribution in [-0.4, -0.2) is 157 Å². The third-order valence-corrected chi connectivity index (χ3v) is 14.2. The average molecular weight is 1120 g/mol. The Morgan fingerprint density at radius 1 is 0.383 bits per heavy atom. The number of rotatable bonds is 21. The van der Waals surface area contributed by atoms with Crippen molar-refractivity contribution in [3.05, 3.63) is 108 Å². The Labute approximate surface area is 467 Å². The maximum absolute atomic E-state index is 15.0. The maximum atomic E-state index is 15.0. The number of aliphatic hydroxyl groups excluding tert-OH is 1. The van der Waals surface area contributed by atoms with Crippen molar-refractivity contribution in [1.29, 1.82) is 0 Å². The second kappa shape index (κ2) is 30.2. The number of unbranched alkanes of at least 4 members (excludes halogenated alkanes) is 3. The Morgan fingerprint density at radius 3 is 1.02 bits per heavy atom. The number of nitrogens with two attached hydrogens (primary N) is 3. The maximum Gasteiger partial charge on any atom is 0.245 e. The van der Waals surface area contributed by atoms with E-state index in [9.17, 15) is 43.5 Å². The van der Waals surface area contributed by atoms with Gasteiger partial charge < -0.3 is 84.8 Å². The van der Waals surface area contributed by atoms with Gasteiger partial charge in [-0.05, 0) is 101 Å². The van der Waals surface area contributed by atoms with Crippen molar-refractivity contribution in [3.8, 4) is 0 Å². The van der Waals surface area contributed by atoms with E-state index < -0.39 is 102 Å². The van der Waals surface area contributed by atoms with Crippen molar-refractivity contribution in [3.63, 3.8) is 0 Å². The molecular formula is C55H75N17O9. The predicted molar refractivity (Wildman–Crippen MR) is 300 cm³/mol. The predicted octanol–water partition coefficient (Wildman–Crippen LogP) is -1.36. The highest BCUT2D eigenvalue weighted by Crippen LogP contribution is 2.22. The van der Waals surface area contributed by atoms with Crippen molar-refractivity contribution >= 4 is 69.1 Å². The molecule has 0 radical (unpaired) electrons. The molecule has 0 spiro atoms. The third kappa shape index (κ3) is 17.0. The molecule has 26 heteroatoms. The molecule has 4 aromatic heterocycles. The molecule has 2 aromatic carbocycles. The Morgan fingerprint density at radius 2 is 0.691 bits per heavy atom. The van der Waals surface area contributed by atoms with Crippen LogP contribution in [0.3, 0.4) is 0 Å². The SMILES string of the molecule is NCCCC[C@@H]1NC(=O)[C@H](Cc2cnc[nH]2)NC(=O)[C@H](CO)NC(=O)[C@H](Cc2cnc[nH]2)NC(=O)[C@H](CCCCN)NC(=O)[C@H](Cc2c[nH]c3ccccc23)NC(=O)[C@H](CCCCN)NC(=O)[C@H](Cc2c[nH]c3ccccc23)NC1=O. The van der Waals surface area contributed by atoms with E-state index in [0.29, 0.717) is 61.0 Å². The number of benzene rings is 2. The van der Waals surface area contributed by atoms with Gasteiger partial charge in [0.25, 0.3) is 0 Å². The summed E-state index contributed by atoms with van der Waals surface area (Å²) in [5.74, 6) is -6.61. The van der Waals surface area contributed by atoms with Crippen LogP contribution < -0.4 is 59.7 Å². The van der Waals surface area contributed by atoms with Crippen molar-refractivity contribution in [2.45, 2.75) is 132 Å². The first-order valence-electron chi connectivity index (χ1n) is 27.5. The summed E-state index contributed by atoms with van der Waals surface area (Å²) in [4.78, 5) is 138. The van der Waals surface area contributed by atoms with Gasteiger partial charge in [0, 0.05) is 83.7 Å². The standard InChI is InChI=1S/C55H75N17O9/c56-18-8-5-15-40-48(74)68-44(22-33-26-62-39-14-4-2-12-37(33)39)52(78)66-42(17-7-10-20-58)50(76)70-46(24-35-28-60-31-64-35)54(80)72-47(29-73)55(81)71-45(23-34-27-59-30-63-34)53(79)67-41(16-6-9-19-57)49(75)69-43(51(77)65-40)21-32-25-61-38-13-3-1-11-36(32)38/h1-4,11-14,25-28,30-31,40-47,61-62,73H,5-10,15-24,29,56-58H2,(H,59,63)(H,60,64)(H,65,77)(H,66,78)(H,67,79)(H,68,74)(H,69,75)(H,70,76)(H,71,81)(H,72,80)/t40-,41-,42-,43-,44-,45-,46-,47-/m0/s1. The number of carbonyl (C=O) groups is 8. The average Bonchev–Trinajstić information content (AvgIpc) is 4.33. The Bertz CT molecular complexity index is 2920. The van der Waals surface area contributed by atoms with E-state index in [0.717, 1.165) is 21.8 Å². The molecule has 0 unspecified atom stereocenters. The first-order valence-corrected chi connectivity index (χ1v) is 27.5. The molecule has 434 valence electrons. The molecule has 1 saturated heterocycles. The quantitative estimate of drug-likeness (QED) is 0.0371. The minimum Gasteiger partial charge on any atom is -0.394 e. The molecule has 7 rings (SSSR count). The van der Waals surface area contributed by atoms with E-state index in [1.54, 1.807) is 12.4 Å². The number of carbonyl (C=O) groups excluding carboxylic acids is 8. The highest BCUT2D eigenvalue weighted by Gasteiger charge is 2.37. The summed E-state index contributed by atoms with van der Waals surface area (Å²) in [6.07, 6.45) is 11.1. The zero-order valence-electron chi connectivity index (χ0n) is 45.1. The lowest BCUT2D eigenvalue weighted by Crippen LogP contribution is -2.62. The first kappa shape index (κ1) is 60.2. The molecular weight excluding hydrogens is 1040 g/mol. The Hall–Kier alpha value is -8.46. The summed E-state index contributed by atoms with van der Waals surface area (Å²) in [5, 5.41) is 34.2. The van der Waals surface area contributed by atoms with Crippen LogP contribution in [0.5, 0.6) is 0 Å². The molecule has 0 saturated carbocycles. The summed E-state index contributed by atoms with van der Waals surface area (Å²) in [6, 6.07) is 3.48. The zero-order valence-corrected chi connectivity index (χ0v) is 45.1. The molecule has 1 aliphatic rings. The minimum atomic E-state index is -1.69. The summed E-state index contributed by atoms with van der Waals surface area (Å²) >= 11 is 0. The van der Waals surface area contributed by atoms with Gasteiger partial charge >= 0.3 is 0 Å². The molecule has 0 aliphatic carbocycles. The van der Waals surface area contributed by atoms with Gasteiger partial charge in [-0.2, -0.15) is 0 Å². The lowest BCUT2D eigenvalue weighted by Gasteiger charge is -2.29. The number of hydrogen-bond acceptors (Lipinski definition) is 14. The summed E-state index contributed by atoms with van der Waals surface area (Å²) < 4.78 is 0. The van der Waals surface area contributed by atoms with Crippen LogP contribution in [0, 0.1) is 0 Å². The molecule has 81 heavy (non-hydrogen) atoms. The Balaban J connectivity index is 1.31. The third-order valence-electron chi connectivity index (χ3n) is 14.2. The lowest BCUT2D eigenvalue weighted by molar-refractivity contribution is -0.137. The van der Waals surface area contributed by atoms with E-state index >= 15 is 0 Å². The van der Waals surface area contributed by atoms with E-state index in [4.69, 9.17) is 17.2 Å². The van der Waals surface area contributed by atoms with Crippen LogP contribution in [0.4, 0.5) is 0 Å². The lowest BCUT2D eigenvalue weighted by atomic mass is 10.0. The number of para-hydroxylation sites is 2. The van der Waals surface area contributed by atoms with Gasteiger partial charge in [-0.15, -0.1) is 0 Å². The number of aliphatic hydroxyl groups is 1. The Kier molecular flexibility index (Phi) is 22.5. The summed E-state index contributed by atoms with van der Waals surface area (Å²) in [7, 11) is 0. The van der Waals surface area contributed by atoms with Crippen LogP contribution in [0.1, 0.15) is 80.3 Å². The zero-order chi connectivity index (χ0) is 57.7. The molecule has 6 aromatic rings. The van der Waals surface area contributed by atoms with Gasteiger partial charge in [-0.1, -0.05) is 36.4 Å². The fourth-order valence-corrected chi connectivity index (χ4v) is 9.77. The monoisotopic (exact) mass is 1120 g/mol. The molecule has 8 atom stereocenters. The number of aromatic nitrogens is 6. The number of imidazole rings is 2. The van der Waals surface area contributed by atoms with Crippen molar-refractivity contribution in [2.75, 3.05) is 26.2 Å². The van der Waals surface area contributed by atoms with Gasteiger partial charge in [0.05, 0.1) is 19.3 Å². The molecule has 1 fully saturated rings. The van der Waals surface area contributed by atoms with Crippen LogP contribution in [0.2, 0.25) is 0 Å². The van der Waals surface area contributed by atoms with E-state index in [2.05, 4.69) is 72.4 Å². The molecule has 8 amide bonds. The largest absolute Gasteiger partial charge is 0.394 e. The van der Waals surface area contributed by atoms with Gasteiger partial charge in [-0.25, -0.2) is 9.97 Å². The topological polar surface area (TPSA) is 420 Å². The van der Waals surface area contributed by atoms with Gasteiger partial charge in [0.15, 0.2) is 0 Å². The van der Waals surface area contributed by atoms with Gasteiger partial charge in [0.2, 0.25) is 47.3 Å². The smallest absolute Gasteiger partial charge is 0.245 e. The second-order valence-electron chi connectivity index (χ2n) is 20.2. The van der Waals surface area contributed by atoms with E-state index in [1.807, 2.05) is 48.5 Å². The first-order chi connectivity index (χ1) is 39.3. The number of hydrogen-bond donors (Lipinski definition) is 16. The highest BCUT2D eigenvalue weighted by atomic mass is 16.3. The highest BCUT2D eigenvalue weighted by molar-refractivity contribution is 5.99. The number of nitrogens with one attached hydrogen (secondary N) is 12. The number of amides is 8. The van der Waals surface area contributed by atoms with Crippen LogP contribution in [0.15, 0.2) is 86.0 Å². The van der Waals surface area contributed by atoms with Crippen molar-refractivity contribution in [1.82, 2.24) is 72.4 Å².